The van der Waals surface area contributed by atoms with E-state index in [1.807, 2.05) is 13.2 Å². The van der Waals surface area contributed by atoms with E-state index in [2.05, 4.69) is 26.8 Å². The molecule has 1 unspecified atom stereocenters. The van der Waals surface area contributed by atoms with Crippen molar-refractivity contribution in [1.82, 2.24) is 19.5 Å². The van der Waals surface area contributed by atoms with Gasteiger partial charge in [0.05, 0.1) is 14.3 Å². The lowest BCUT2D eigenvalue weighted by Gasteiger charge is -2.17. The van der Waals surface area contributed by atoms with Gasteiger partial charge in [0.1, 0.15) is 18.3 Å². The average molecular weight is 382 g/mol. The van der Waals surface area contributed by atoms with Gasteiger partial charge < -0.3 is 25.4 Å². The number of nitrogens with zero attached hydrogens (tertiary/aromatic N) is 4. The molecule has 1 saturated heterocycles. The Morgan fingerprint density at radius 3 is 2.85 bits per heavy atom. The van der Waals surface area contributed by atoms with Crippen molar-refractivity contribution in [3.63, 3.8) is 0 Å². The van der Waals surface area contributed by atoms with Crippen molar-refractivity contribution in [3.8, 4) is 0 Å². The van der Waals surface area contributed by atoms with Crippen molar-refractivity contribution in [3.05, 3.63) is 18.5 Å². The van der Waals surface area contributed by atoms with Gasteiger partial charge in [-0.05, 0) is 19.6 Å². The Hall–Kier alpha value is -1.72. The molecular formula is C16H23N5O4S. The lowest BCUT2D eigenvalue weighted by Crippen LogP contribution is -2.33. The van der Waals surface area contributed by atoms with Crippen molar-refractivity contribution in [2.45, 2.75) is 43.0 Å². The summed E-state index contributed by atoms with van der Waals surface area (Å²) in [6.07, 6.45) is -0.917. The zero-order valence-corrected chi connectivity index (χ0v) is 15.3. The third-order valence-corrected chi connectivity index (χ3v) is 4.67. The summed E-state index contributed by atoms with van der Waals surface area (Å²) in [6.45, 7) is 4.78. The van der Waals surface area contributed by atoms with Crippen LogP contribution in [-0.2, 0) is 4.74 Å². The summed E-state index contributed by atoms with van der Waals surface area (Å²) in [6, 6.07) is 0. The van der Waals surface area contributed by atoms with Gasteiger partial charge in [-0.3, -0.25) is 4.57 Å². The minimum atomic E-state index is -1.68. The van der Waals surface area contributed by atoms with Crippen LogP contribution in [0.1, 0.15) is 20.9 Å². The summed E-state index contributed by atoms with van der Waals surface area (Å²) in [4.78, 5) is 13.2. The molecule has 2 aromatic heterocycles. The first kappa shape index (κ1) is 17.7. The van der Waals surface area contributed by atoms with Gasteiger partial charge >= 0.3 is 0 Å². The number of fused-ring (bicyclic) bond motifs is 1. The van der Waals surface area contributed by atoms with Gasteiger partial charge in [0.25, 0.3) is 0 Å². The summed E-state index contributed by atoms with van der Waals surface area (Å²) in [5.41, 5.74) is 1.96. The molecule has 0 aromatic carbocycles. The molecule has 1 aliphatic rings. The van der Waals surface area contributed by atoms with Crippen molar-refractivity contribution in [2.75, 3.05) is 24.7 Å². The molecule has 0 spiro atoms. The molecule has 0 bridgehead atoms. The molecule has 3 rings (SSSR count). The van der Waals surface area contributed by atoms with Gasteiger partial charge in [-0.1, -0.05) is 17.3 Å². The van der Waals surface area contributed by atoms with Crippen molar-refractivity contribution < 1.29 is 21.4 Å². The number of aliphatic hydroxyl groups excluding tert-OH is 3. The van der Waals surface area contributed by atoms with E-state index in [4.69, 9.17) is 6.11 Å². The predicted molar refractivity (Wildman–Crippen MR) is 98.0 cm³/mol. The number of hydrogen-bond donors (Lipinski definition) is 4. The van der Waals surface area contributed by atoms with Gasteiger partial charge in [0.2, 0.25) is 0 Å². The average Bonchev–Trinajstić information content (AvgIpc) is 3.16. The minimum Gasteiger partial charge on any atom is -0.394 e. The second-order valence-electron chi connectivity index (χ2n) is 6.14. The van der Waals surface area contributed by atoms with Crippen LogP contribution in [-0.4, -0.2) is 72.5 Å². The summed E-state index contributed by atoms with van der Waals surface area (Å²) in [5.74, 6) is 0.550. The molecule has 26 heavy (non-hydrogen) atoms. The van der Waals surface area contributed by atoms with Crippen LogP contribution in [0.5, 0.6) is 0 Å². The van der Waals surface area contributed by atoms with E-state index in [0.29, 0.717) is 28.7 Å². The fourth-order valence-electron chi connectivity index (χ4n) is 2.73. The van der Waals surface area contributed by atoms with Crippen molar-refractivity contribution >= 4 is 28.7 Å². The lowest BCUT2D eigenvalue weighted by atomic mass is 10.1. The van der Waals surface area contributed by atoms with Crippen LogP contribution in [0.3, 0.4) is 0 Å². The number of nitrogens with one attached hydrogen (secondary N) is 1. The number of aromatic nitrogens is 4. The molecule has 10 heteroatoms. The van der Waals surface area contributed by atoms with E-state index >= 15 is 0 Å². The number of hydrogen-bond acceptors (Lipinski definition) is 9. The molecule has 2 aromatic rings. The second kappa shape index (κ2) is 7.89. The Kier molecular flexibility index (Phi) is 5.36. The standard InChI is InChI=1S/C16H23N5O4S/c1-8(2)4-5-17-13-10-14(20-16(19-13)26-3)21(7-18-10)15-12(24)11(23)9(6-22)25-15/h7,9,11-12,15,22-24H,1,4-6H2,2-3H3,(H,17,19,20)/t9-,11-,12-,15-/m1/s1/i6D/t6?,9-,11-,12-,15-. The van der Waals surface area contributed by atoms with E-state index in [9.17, 15) is 15.3 Å². The zero-order valence-electron chi connectivity index (χ0n) is 15.5. The number of anilines is 1. The van der Waals surface area contributed by atoms with E-state index in [1.54, 1.807) is 0 Å². The second-order valence-corrected chi connectivity index (χ2v) is 6.91. The van der Waals surface area contributed by atoms with Crippen LogP contribution in [0.15, 0.2) is 23.6 Å². The van der Waals surface area contributed by atoms with Crippen LogP contribution in [0, 0.1) is 0 Å². The first-order valence-corrected chi connectivity index (χ1v) is 9.34. The Labute approximate surface area is 156 Å². The smallest absolute Gasteiger partial charge is 0.191 e. The predicted octanol–water partition coefficient (Wildman–Crippen LogP) is 0.538. The monoisotopic (exact) mass is 382 g/mol. The zero-order chi connectivity index (χ0) is 19.7. The Morgan fingerprint density at radius 1 is 1.46 bits per heavy atom. The maximum Gasteiger partial charge on any atom is 0.191 e. The van der Waals surface area contributed by atoms with Gasteiger partial charge in [-0.2, -0.15) is 0 Å². The van der Waals surface area contributed by atoms with E-state index < -0.39 is 31.1 Å². The summed E-state index contributed by atoms with van der Waals surface area (Å²) in [5, 5.41) is 33.5. The first-order valence-electron chi connectivity index (χ1n) is 8.70. The minimum absolute atomic E-state index is 0.420. The van der Waals surface area contributed by atoms with Crippen LogP contribution < -0.4 is 5.32 Å². The van der Waals surface area contributed by atoms with Crippen LogP contribution in [0.4, 0.5) is 5.82 Å². The summed E-state index contributed by atoms with van der Waals surface area (Å²) < 4.78 is 14.4. The van der Waals surface area contributed by atoms with Crippen LogP contribution in [0.2, 0.25) is 0 Å². The fraction of sp³-hybridized carbons (Fsp3) is 0.562. The molecule has 4 N–H and O–H groups in total. The molecule has 3 heterocycles. The Balaban J connectivity index is 1.97. The highest BCUT2D eigenvalue weighted by molar-refractivity contribution is 7.98. The normalized spacial score (nSPS) is 27.5. The Bertz CT molecular complexity index is 832. The highest BCUT2D eigenvalue weighted by Crippen LogP contribution is 2.33. The molecule has 0 aliphatic carbocycles. The Morgan fingerprint density at radius 2 is 2.23 bits per heavy atom. The lowest BCUT2D eigenvalue weighted by molar-refractivity contribution is -0.0511. The number of imidazole rings is 1. The highest BCUT2D eigenvalue weighted by Gasteiger charge is 2.44. The molecule has 1 fully saturated rings. The fourth-order valence-corrected chi connectivity index (χ4v) is 3.09. The van der Waals surface area contributed by atoms with E-state index in [1.165, 1.54) is 22.7 Å². The van der Waals surface area contributed by atoms with E-state index in [0.717, 1.165) is 12.0 Å². The quantitative estimate of drug-likeness (QED) is 0.308. The number of ether oxygens (including phenoxy) is 1. The highest BCUT2D eigenvalue weighted by atomic mass is 32.2. The number of rotatable bonds is 7. The van der Waals surface area contributed by atoms with E-state index in [-0.39, 0.29) is 0 Å². The summed E-state index contributed by atoms with van der Waals surface area (Å²) in [7, 11) is 0. The molecule has 5 atom stereocenters. The topological polar surface area (TPSA) is 126 Å². The maximum absolute atomic E-state index is 10.3. The third kappa shape index (κ3) is 3.55. The molecule has 142 valence electrons. The van der Waals surface area contributed by atoms with Crippen molar-refractivity contribution in [1.29, 1.82) is 0 Å². The molecular weight excluding hydrogens is 358 g/mol. The summed E-state index contributed by atoms with van der Waals surface area (Å²) >= 11 is 1.36. The van der Waals surface area contributed by atoms with Crippen LogP contribution in [0.25, 0.3) is 11.2 Å². The first-order chi connectivity index (χ1) is 12.8. The molecule has 0 amide bonds. The molecule has 0 saturated carbocycles. The van der Waals surface area contributed by atoms with Gasteiger partial charge in [-0.25, -0.2) is 15.0 Å². The maximum atomic E-state index is 10.3. The number of thioether (sulfide) groups is 1. The molecule has 9 nitrogen and oxygen atoms in total. The van der Waals surface area contributed by atoms with Gasteiger partial charge in [0, 0.05) is 6.54 Å². The number of aliphatic hydroxyl groups is 3. The van der Waals surface area contributed by atoms with Crippen LogP contribution >= 0.6 is 11.8 Å². The SMILES string of the molecule is [2H]C(O)[C@H]1O[C@@H](n2cnc3c(NCCC(=C)C)nc(SC)nc32)[C@H](O)[C@@H]1O. The largest absolute Gasteiger partial charge is 0.394 e. The van der Waals surface area contributed by atoms with Gasteiger partial charge in [0.15, 0.2) is 28.4 Å². The molecule has 1 aliphatic heterocycles. The third-order valence-electron chi connectivity index (χ3n) is 4.12. The van der Waals surface area contributed by atoms with Crippen molar-refractivity contribution in [2.24, 2.45) is 0 Å². The van der Waals surface area contributed by atoms with Gasteiger partial charge in [-0.15, -0.1) is 6.58 Å². The molecule has 0 radical (unpaired) electrons.